The van der Waals surface area contributed by atoms with Crippen LogP contribution in [0, 0.1) is 0 Å². The molecule has 0 spiro atoms. The summed E-state index contributed by atoms with van der Waals surface area (Å²) in [5.41, 5.74) is 0. The van der Waals surface area contributed by atoms with E-state index < -0.39 is 9.01 Å². The summed E-state index contributed by atoms with van der Waals surface area (Å²) >= 11 is 0. The van der Waals surface area contributed by atoms with E-state index in [0.29, 0.717) is 0 Å². The lowest BCUT2D eigenvalue weighted by Gasteiger charge is -2.41. The summed E-state index contributed by atoms with van der Waals surface area (Å²) in [6, 6.07) is 0. The Bertz CT molecular complexity index is 40.7. The van der Waals surface area contributed by atoms with Crippen molar-refractivity contribution in [3.05, 3.63) is 0 Å². The van der Waals surface area contributed by atoms with Gasteiger partial charge in [0.1, 0.15) is 7.12 Å². The fourth-order valence-corrected chi connectivity index (χ4v) is 0. The highest BCUT2D eigenvalue weighted by Crippen LogP contribution is 2.49. The molecule has 0 saturated carbocycles. The molecule has 0 aliphatic carbocycles. The Labute approximate surface area is 41.9 Å². The highest BCUT2D eigenvalue weighted by Gasteiger charge is 2.08. The van der Waals surface area contributed by atoms with Gasteiger partial charge in [-0.3, -0.25) is 0 Å². The van der Waals surface area contributed by atoms with Gasteiger partial charge in [0.05, 0.1) is 0 Å². The van der Waals surface area contributed by atoms with Crippen LogP contribution in [-0.2, 0) is 0 Å². The van der Waals surface area contributed by atoms with E-state index in [1.165, 1.54) is 0 Å². The zero-order valence-electron chi connectivity index (χ0n) is 5.45. The molecule has 40 valence electrons. The van der Waals surface area contributed by atoms with Gasteiger partial charge in [0.25, 0.3) is 0 Å². The molecule has 6 heavy (non-hydrogen) atoms. The Kier molecular flexibility index (Phi) is 1.04. The molecular formula is C4H15BS. The first-order chi connectivity index (χ1) is 2.24. The molecule has 0 aliphatic rings. The third-order valence-electron chi connectivity index (χ3n) is 0. The Morgan fingerprint density at radius 1 is 1.00 bits per heavy atom. The second-order valence-electron chi connectivity index (χ2n) is 4.47. The minimum absolute atomic E-state index is 1.05. The van der Waals surface area contributed by atoms with E-state index in [2.05, 4.69) is 32.1 Å². The maximum absolute atomic E-state index is 2.34. The molecule has 0 fully saturated rings. The Morgan fingerprint density at radius 2 is 1.00 bits per heavy atom. The maximum atomic E-state index is 2.34. The van der Waals surface area contributed by atoms with Gasteiger partial charge >= 0.3 is 0 Å². The second-order valence-corrected chi connectivity index (χ2v) is 13.4. The van der Waals surface area contributed by atoms with Gasteiger partial charge in [-0.05, 0) is 0 Å². The minimum atomic E-state index is -1.05. The Hall–Kier alpha value is 0.415. The van der Waals surface area contributed by atoms with Gasteiger partial charge in [0, 0.05) is 0 Å². The summed E-state index contributed by atoms with van der Waals surface area (Å²) < 4.78 is 0. The van der Waals surface area contributed by atoms with Gasteiger partial charge in [-0.25, -0.2) is 0 Å². The normalized spacial score (nSPS) is 19.0. The molecule has 0 amide bonds. The highest BCUT2D eigenvalue weighted by atomic mass is 32.3. The van der Waals surface area contributed by atoms with Crippen molar-refractivity contribution in [3.63, 3.8) is 0 Å². The highest BCUT2D eigenvalue weighted by molar-refractivity contribution is 8.62. The van der Waals surface area contributed by atoms with Crippen LogP contribution in [0.25, 0.3) is 0 Å². The average Bonchev–Trinajstić information content (AvgIpc) is 0.650. The van der Waals surface area contributed by atoms with Crippen LogP contribution in [-0.4, -0.2) is 32.1 Å². The molecule has 0 aromatic rings. The largest absolute Gasteiger partial charge is 0.316 e. The van der Waals surface area contributed by atoms with E-state index in [0.717, 1.165) is 0 Å². The number of hydrogen-bond donors (Lipinski definition) is 1. The lowest BCUT2D eigenvalue weighted by atomic mass is 10.8. The van der Waals surface area contributed by atoms with E-state index in [-0.39, 0.29) is 0 Å². The van der Waals surface area contributed by atoms with Crippen LogP contribution in [0.2, 0.25) is 0 Å². The first-order valence-electron chi connectivity index (χ1n) is 2.24. The molecule has 0 heterocycles. The Morgan fingerprint density at radius 3 is 1.00 bits per heavy atom. The molecule has 0 aromatic heterocycles. The van der Waals surface area contributed by atoms with Crippen LogP contribution in [0.3, 0.4) is 0 Å². The lowest BCUT2D eigenvalue weighted by molar-refractivity contribution is 2.00. The summed E-state index contributed by atoms with van der Waals surface area (Å²) in [5, 5.41) is 0. The van der Waals surface area contributed by atoms with E-state index >= 15 is 0 Å². The van der Waals surface area contributed by atoms with Gasteiger partial charge in [0.15, 0.2) is 0 Å². The first kappa shape index (κ1) is 6.41. The third kappa shape index (κ3) is 299. The lowest BCUT2D eigenvalue weighted by Crippen LogP contribution is -2.07. The van der Waals surface area contributed by atoms with Crippen LogP contribution in [0.1, 0.15) is 0 Å². The molecule has 0 N–H and O–H groups in total. The number of thiol groups is 1. The molecule has 0 saturated heterocycles. The molecular weight excluding hydrogens is 90.9 g/mol. The molecule has 0 nitrogen and oxygen atoms in total. The van der Waals surface area contributed by atoms with E-state index in [1.807, 2.05) is 0 Å². The summed E-state index contributed by atoms with van der Waals surface area (Å²) in [4.78, 5) is 0. The summed E-state index contributed by atoms with van der Waals surface area (Å²) in [6.07, 6.45) is 9.36. The molecule has 0 atom stereocenters. The van der Waals surface area contributed by atoms with E-state index in [9.17, 15) is 0 Å². The van der Waals surface area contributed by atoms with Gasteiger partial charge in [-0.1, -0.05) is 25.0 Å². The summed E-state index contributed by atoms with van der Waals surface area (Å²) in [6.45, 7) is 0. The zero-order valence-corrected chi connectivity index (χ0v) is 6.34. The zero-order chi connectivity index (χ0) is 5.45. The van der Waals surface area contributed by atoms with Gasteiger partial charge in [-0.2, -0.15) is 0 Å². The van der Waals surface area contributed by atoms with Crippen molar-refractivity contribution in [3.8, 4) is 0 Å². The molecule has 0 unspecified atom stereocenters. The van der Waals surface area contributed by atoms with Gasteiger partial charge in [0.2, 0.25) is 0 Å². The summed E-state index contributed by atoms with van der Waals surface area (Å²) in [5.74, 6) is 0. The molecule has 0 rings (SSSR count). The fraction of sp³-hybridized carbons (Fsp3) is 1.00. The van der Waals surface area contributed by atoms with Crippen LogP contribution in [0.4, 0.5) is 0 Å². The molecule has 0 radical (unpaired) electrons. The predicted octanol–water partition coefficient (Wildman–Crippen LogP) is 0.126. The summed E-state index contributed by atoms with van der Waals surface area (Å²) in [7, 11) is 1.29. The SMILES string of the molecule is B[SH](C)(C)(C)C. The van der Waals surface area contributed by atoms with Crippen molar-refractivity contribution in [2.24, 2.45) is 0 Å². The Balaban J connectivity index is 3.73. The number of rotatable bonds is 0. The smallest absolute Gasteiger partial charge is 0.138 e. The fourth-order valence-electron chi connectivity index (χ4n) is 0. The standard InChI is InChI=1S/C4H15BS/c1-6(2,3,4)5/h6H,5H2,1-4H3. The van der Waals surface area contributed by atoms with Crippen molar-refractivity contribution in [1.82, 2.24) is 0 Å². The quantitative estimate of drug-likeness (QED) is 0.329. The van der Waals surface area contributed by atoms with Crippen molar-refractivity contribution in [2.45, 2.75) is 0 Å². The van der Waals surface area contributed by atoms with Gasteiger partial charge in [-0.15, -0.1) is 0 Å². The van der Waals surface area contributed by atoms with Crippen molar-refractivity contribution in [1.29, 1.82) is 0 Å². The van der Waals surface area contributed by atoms with Crippen LogP contribution in [0.15, 0.2) is 0 Å². The topological polar surface area (TPSA) is 0 Å². The van der Waals surface area contributed by atoms with Crippen molar-refractivity contribution >= 4 is 16.1 Å². The van der Waals surface area contributed by atoms with Gasteiger partial charge < -0.3 is 9.01 Å². The van der Waals surface area contributed by atoms with Crippen LogP contribution in [0.5, 0.6) is 0 Å². The van der Waals surface area contributed by atoms with E-state index in [4.69, 9.17) is 0 Å². The average molecular weight is 106 g/mol. The number of hydrogen-bond acceptors (Lipinski definition) is 0. The van der Waals surface area contributed by atoms with Crippen molar-refractivity contribution < 1.29 is 0 Å². The first-order valence-corrected chi connectivity index (χ1v) is 6.71. The van der Waals surface area contributed by atoms with Crippen LogP contribution < -0.4 is 0 Å². The molecule has 0 bridgehead atoms. The van der Waals surface area contributed by atoms with E-state index in [1.54, 1.807) is 0 Å². The minimum Gasteiger partial charge on any atom is -0.316 e. The molecule has 2 heteroatoms. The van der Waals surface area contributed by atoms with Crippen LogP contribution >= 0.6 is 9.01 Å². The second kappa shape index (κ2) is 0.973. The third-order valence-corrected chi connectivity index (χ3v) is 0. The molecule has 0 aromatic carbocycles. The maximum Gasteiger partial charge on any atom is 0.138 e. The van der Waals surface area contributed by atoms with Crippen molar-refractivity contribution in [2.75, 3.05) is 25.0 Å². The monoisotopic (exact) mass is 106 g/mol. The predicted molar refractivity (Wildman–Crippen MR) is 41.2 cm³/mol. The molecule has 0 aliphatic heterocycles.